The van der Waals surface area contributed by atoms with Crippen LogP contribution < -0.4 is 5.32 Å². The van der Waals surface area contributed by atoms with Crippen LogP contribution in [-0.4, -0.2) is 46.7 Å². The van der Waals surface area contributed by atoms with Crippen molar-refractivity contribution in [3.05, 3.63) is 69.2 Å². The molecule has 6 nitrogen and oxygen atoms in total. The summed E-state index contributed by atoms with van der Waals surface area (Å²) in [6, 6.07) is 8.27. The normalized spacial score (nSPS) is 21.6. The van der Waals surface area contributed by atoms with Crippen LogP contribution in [0.5, 0.6) is 0 Å². The molecule has 0 bridgehead atoms. The number of hydrogen-bond acceptors (Lipinski definition) is 4. The second-order valence-electron chi connectivity index (χ2n) is 9.64. The molecule has 0 aliphatic carbocycles. The van der Waals surface area contributed by atoms with Crippen LogP contribution in [0.3, 0.4) is 0 Å². The van der Waals surface area contributed by atoms with Crippen LogP contribution in [-0.2, 0) is 28.9 Å². The van der Waals surface area contributed by atoms with Gasteiger partial charge in [0.05, 0.1) is 5.56 Å². The Labute approximate surface area is 211 Å². The van der Waals surface area contributed by atoms with Gasteiger partial charge in [0.1, 0.15) is 6.04 Å². The molecule has 5 rings (SSSR count). The van der Waals surface area contributed by atoms with Crippen molar-refractivity contribution in [2.24, 2.45) is 0 Å². The molecule has 36 heavy (non-hydrogen) atoms. The fraction of sp³-hybridized carbons (Fsp3) is 0.423. The van der Waals surface area contributed by atoms with E-state index in [2.05, 4.69) is 10.2 Å². The molecule has 1 unspecified atom stereocenters. The first-order valence-electron chi connectivity index (χ1n) is 12.0. The molecule has 0 radical (unpaired) electrons. The van der Waals surface area contributed by atoms with Crippen molar-refractivity contribution in [2.75, 3.05) is 13.1 Å². The van der Waals surface area contributed by atoms with Gasteiger partial charge in [-0.2, -0.15) is 13.2 Å². The Bertz CT molecular complexity index is 1210. The fourth-order valence-corrected chi connectivity index (χ4v) is 5.78. The molecule has 1 N–H and O–H groups in total. The molecule has 3 aliphatic rings. The third-order valence-electron chi connectivity index (χ3n) is 7.39. The summed E-state index contributed by atoms with van der Waals surface area (Å²) in [5.74, 6) is -0.833. The van der Waals surface area contributed by atoms with E-state index in [-0.39, 0.29) is 30.7 Å². The van der Waals surface area contributed by atoms with Crippen LogP contribution in [0.15, 0.2) is 36.4 Å². The van der Waals surface area contributed by atoms with Crippen molar-refractivity contribution in [1.29, 1.82) is 0 Å². The zero-order chi connectivity index (χ0) is 25.6. The van der Waals surface area contributed by atoms with Crippen LogP contribution in [0, 0.1) is 0 Å². The lowest BCUT2D eigenvalue weighted by Gasteiger charge is -2.33. The van der Waals surface area contributed by atoms with Gasteiger partial charge in [0.15, 0.2) is 0 Å². The first-order chi connectivity index (χ1) is 17.1. The molecule has 2 saturated heterocycles. The zero-order valence-electron chi connectivity index (χ0n) is 19.4. The summed E-state index contributed by atoms with van der Waals surface area (Å²) in [5, 5.41) is 2.86. The highest BCUT2D eigenvalue weighted by Crippen LogP contribution is 2.40. The van der Waals surface area contributed by atoms with Crippen molar-refractivity contribution in [3.8, 4) is 0 Å². The number of likely N-dealkylation sites (tertiary alicyclic amines) is 1. The van der Waals surface area contributed by atoms with Crippen molar-refractivity contribution < 1.29 is 27.6 Å². The fourth-order valence-electron chi connectivity index (χ4n) is 5.40. The molecule has 3 amide bonds. The lowest BCUT2D eigenvalue weighted by molar-refractivity contribution is -0.138. The minimum atomic E-state index is -4.34. The third-order valence-corrected chi connectivity index (χ3v) is 7.84. The predicted molar refractivity (Wildman–Crippen MR) is 126 cm³/mol. The number of hydrogen-bond donors (Lipinski definition) is 1. The maximum Gasteiger partial charge on any atom is 0.416 e. The number of halogens is 4. The lowest BCUT2D eigenvalue weighted by atomic mass is 9.87. The molecule has 0 aromatic heterocycles. The number of imide groups is 1. The number of rotatable bonds is 4. The van der Waals surface area contributed by atoms with Gasteiger partial charge in [-0.3, -0.25) is 24.6 Å². The van der Waals surface area contributed by atoms with E-state index in [0.29, 0.717) is 23.6 Å². The topological polar surface area (TPSA) is 69.7 Å². The summed E-state index contributed by atoms with van der Waals surface area (Å²) in [7, 11) is 0. The molecule has 3 heterocycles. The van der Waals surface area contributed by atoms with E-state index in [4.69, 9.17) is 11.6 Å². The molecule has 10 heteroatoms. The highest BCUT2D eigenvalue weighted by Gasteiger charge is 2.40. The summed E-state index contributed by atoms with van der Waals surface area (Å²) < 4.78 is 38.4. The first kappa shape index (κ1) is 24.8. The summed E-state index contributed by atoms with van der Waals surface area (Å²) in [6.07, 6.45) is -2.17. The highest BCUT2D eigenvalue weighted by molar-refractivity contribution is 6.33. The average Bonchev–Trinajstić information content (AvgIpc) is 3.17. The quantitative estimate of drug-likeness (QED) is 0.604. The number of nitrogens with one attached hydrogen (secondary N) is 1. The maximum atomic E-state index is 13.0. The molecule has 3 aliphatic heterocycles. The van der Waals surface area contributed by atoms with E-state index in [9.17, 15) is 27.6 Å². The smallest absolute Gasteiger partial charge is 0.322 e. The van der Waals surface area contributed by atoms with Gasteiger partial charge in [-0.1, -0.05) is 29.8 Å². The Hall–Kier alpha value is -2.91. The van der Waals surface area contributed by atoms with Crippen LogP contribution in [0.1, 0.15) is 64.2 Å². The van der Waals surface area contributed by atoms with E-state index < -0.39 is 23.7 Å². The second-order valence-corrected chi connectivity index (χ2v) is 10.0. The maximum absolute atomic E-state index is 13.0. The number of nitrogens with zero attached hydrogens (tertiary/aromatic N) is 2. The van der Waals surface area contributed by atoms with Crippen molar-refractivity contribution in [3.63, 3.8) is 0 Å². The second kappa shape index (κ2) is 9.52. The van der Waals surface area contributed by atoms with Gasteiger partial charge in [-0.25, -0.2) is 0 Å². The Morgan fingerprint density at radius 1 is 0.972 bits per heavy atom. The molecular formula is C26H25ClF3N3O3. The predicted octanol–water partition coefficient (Wildman–Crippen LogP) is 4.50. The van der Waals surface area contributed by atoms with Crippen LogP contribution in [0.4, 0.5) is 13.2 Å². The van der Waals surface area contributed by atoms with Gasteiger partial charge in [0.25, 0.3) is 5.91 Å². The number of carbonyl (C=O) groups is 3. The molecule has 1 atom stereocenters. The third kappa shape index (κ3) is 4.74. The number of amides is 3. The molecule has 190 valence electrons. The Morgan fingerprint density at radius 3 is 2.31 bits per heavy atom. The minimum Gasteiger partial charge on any atom is -0.322 e. The highest BCUT2D eigenvalue weighted by atomic mass is 35.5. The summed E-state index contributed by atoms with van der Waals surface area (Å²) >= 11 is 6.80. The lowest BCUT2D eigenvalue weighted by Crippen LogP contribution is -2.52. The Morgan fingerprint density at radius 2 is 1.67 bits per heavy atom. The van der Waals surface area contributed by atoms with Gasteiger partial charge in [0, 0.05) is 35.7 Å². The number of fused-ring (bicyclic) bond motifs is 1. The van der Waals surface area contributed by atoms with Gasteiger partial charge >= 0.3 is 6.18 Å². The monoisotopic (exact) mass is 519 g/mol. The van der Waals surface area contributed by atoms with Gasteiger partial charge < -0.3 is 4.90 Å². The first-order valence-corrected chi connectivity index (χ1v) is 12.3. The van der Waals surface area contributed by atoms with Crippen molar-refractivity contribution in [2.45, 2.75) is 56.9 Å². The van der Waals surface area contributed by atoms with E-state index >= 15 is 0 Å². The van der Waals surface area contributed by atoms with Gasteiger partial charge in [-0.15, -0.1) is 0 Å². The van der Waals surface area contributed by atoms with E-state index in [1.54, 1.807) is 6.07 Å². The van der Waals surface area contributed by atoms with Crippen LogP contribution in [0.25, 0.3) is 0 Å². The SMILES string of the molecule is O=C1CCC(N2Cc3c(ccc(C4CCN(Cc5ccc(C(F)(F)F)cc5)CC4)c3Cl)C2=O)C(=O)N1. The summed E-state index contributed by atoms with van der Waals surface area (Å²) in [6.45, 7) is 2.37. The number of piperidine rings is 2. The molecule has 2 aromatic rings. The number of alkyl halides is 3. The summed E-state index contributed by atoms with van der Waals surface area (Å²) in [4.78, 5) is 40.5. The molecule has 2 fully saturated rings. The molecule has 0 spiro atoms. The number of carbonyl (C=O) groups excluding carboxylic acids is 3. The van der Waals surface area contributed by atoms with Gasteiger partial charge in [0.2, 0.25) is 11.8 Å². The minimum absolute atomic E-state index is 0.195. The summed E-state index contributed by atoms with van der Waals surface area (Å²) in [5.41, 5.74) is 2.38. The molecule has 2 aromatic carbocycles. The zero-order valence-corrected chi connectivity index (χ0v) is 20.2. The van der Waals surface area contributed by atoms with Crippen molar-refractivity contribution >= 4 is 29.3 Å². The molecule has 0 saturated carbocycles. The van der Waals surface area contributed by atoms with Crippen LogP contribution >= 0.6 is 11.6 Å². The van der Waals surface area contributed by atoms with E-state index in [0.717, 1.165) is 54.8 Å². The largest absolute Gasteiger partial charge is 0.416 e. The Kier molecular flexibility index (Phi) is 6.55. The average molecular weight is 520 g/mol. The van der Waals surface area contributed by atoms with Crippen molar-refractivity contribution in [1.82, 2.24) is 15.1 Å². The standard InChI is InChI=1S/C26H25ClF3N3O3/c27-23-18(5-6-19-20(23)14-33(25(19)36)21-7-8-22(34)31-24(21)35)16-9-11-32(12-10-16)13-15-1-3-17(4-2-15)26(28,29)30/h1-6,16,21H,7-14H2,(H,31,34,35). The van der Waals surface area contributed by atoms with Crippen LogP contribution in [0.2, 0.25) is 5.02 Å². The van der Waals surface area contributed by atoms with E-state index in [1.165, 1.54) is 17.0 Å². The molecular weight excluding hydrogens is 495 g/mol. The Balaban J connectivity index is 1.23. The van der Waals surface area contributed by atoms with E-state index in [1.807, 2.05) is 6.07 Å². The van der Waals surface area contributed by atoms with Gasteiger partial charge in [-0.05, 0) is 67.6 Å². The number of benzene rings is 2.